The van der Waals surface area contributed by atoms with Crippen LogP contribution in [0.1, 0.15) is 24.8 Å². The molecule has 4 rings (SSSR count). The molecule has 2 aromatic rings. The molecule has 1 unspecified atom stereocenters. The predicted octanol–water partition coefficient (Wildman–Crippen LogP) is 5.33. The summed E-state index contributed by atoms with van der Waals surface area (Å²) in [5, 5.41) is 14.2. The number of halogens is 2. The van der Waals surface area contributed by atoms with Gasteiger partial charge in [-0.15, -0.1) is 0 Å². The SMILES string of the molecule is Cc1ccc(N=C2SC(CC(=O)Nc3cc([N+](=O)[O-])ccc3Cl)C(=O)N2C2CC2)cc1Cl. The van der Waals surface area contributed by atoms with Crippen molar-refractivity contribution in [3.63, 3.8) is 0 Å². The molecule has 32 heavy (non-hydrogen) atoms. The maximum absolute atomic E-state index is 13.0. The number of hydrogen-bond acceptors (Lipinski definition) is 6. The van der Waals surface area contributed by atoms with E-state index in [0.29, 0.717) is 15.9 Å². The quantitative estimate of drug-likeness (QED) is 0.433. The van der Waals surface area contributed by atoms with Crippen molar-refractivity contribution in [1.29, 1.82) is 0 Å². The van der Waals surface area contributed by atoms with Gasteiger partial charge in [-0.2, -0.15) is 0 Å². The second kappa shape index (κ2) is 9.09. The predicted molar refractivity (Wildman–Crippen MR) is 126 cm³/mol. The Bertz CT molecular complexity index is 1150. The zero-order chi connectivity index (χ0) is 23.0. The van der Waals surface area contributed by atoms with Crippen molar-refractivity contribution in [2.75, 3.05) is 5.32 Å². The number of hydrogen-bond donors (Lipinski definition) is 1. The number of non-ortho nitro benzene ring substituents is 1. The maximum atomic E-state index is 13.0. The summed E-state index contributed by atoms with van der Waals surface area (Å²) in [4.78, 5) is 42.3. The minimum atomic E-state index is -0.646. The van der Waals surface area contributed by atoms with Crippen molar-refractivity contribution >= 4 is 69.0 Å². The number of nitrogens with one attached hydrogen (secondary N) is 1. The van der Waals surface area contributed by atoms with Gasteiger partial charge in [0.2, 0.25) is 11.8 Å². The van der Waals surface area contributed by atoms with Crippen LogP contribution in [-0.4, -0.2) is 38.1 Å². The molecule has 0 radical (unpaired) electrons. The lowest BCUT2D eigenvalue weighted by Crippen LogP contribution is -2.35. The Hall–Kier alpha value is -2.62. The fourth-order valence-electron chi connectivity index (χ4n) is 3.22. The Balaban J connectivity index is 1.50. The van der Waals surface area contributed by atoms with Crippen LogP contribution < -0.4 is 5.32 Å². The summed E-state index contributed by atoms with van der Waals surface area (Å²) in [5.41, 5.74) is 1.50. The maximum Gasteiger partial charge on any atom is 0.271 e. The highest BCUT2D eigenvalue weighted by Gasteiger charge is 2.46. The molecule has 0 bridgehead atoms. The third kappa shape index (κ3) is 4.90. The Morgan fingerprint density at radius 1 is 1.25 bits per heavy atom. The highest BCUT2D eigenvalue weighted by molar-refractivity contribution is 8.15. The second-order valence-electron chi connectivity index (χ2n) is 7.55. The first-order valence-electron chi connectivity index (χ1n) is 9.81. The minimum Gasteiger partial charge on any atom is -0.325 e. The van der Waals surface area contributed by atoms with Gasteiger partial charge in [-0.3, -0.25) is 24.6 Å². The number of nitrogens with zero attached hydrogens (tertiary/aromatic N) is 3. The number of aryl methyl sites for hydroxylation is 1. The monoisotopic (exact) mass is 492 g/mol. The van der Waals surface area contributed by atoms with Crippen molar-refractivity contribution < 1.29 is 14.5 Å². The summed E-state index contributed by atoms with van der Waals surface area (Å²) >= 11 is 13.5. The lowest BCUT2D eigenvalue weighted by Gasteiger charge is -2.15. The van der Waals surface area contributed by atoms with Crippen LogP contribution in [0.25, 0.3) is 0 Å². The van der Waals surface area contributed by atoms with Crippen LogP contribution >= 0.6 is 35.0 Å². The van der Waals surface area contributed by atoms with Crippen molar-refractivity contribution in [3.8, 4) is 0 Å². The number of rotatable bonds is 6. The molecule has 0 spiro atoms. The molecule has 1 saturated carbocycles. The first-order chi connectivity index (χ1) is 15.2. The minimum absolute atomic E-state index is 0.0916. The van der Waals surface area contributed by atoms with Crippen LogP contribution in [0.15, 0.2) is 41.4 Å². The third-order valence-corrected chi connectivity index (χ3v) is 6.95. The average Bonchev–Trinajstić information content (AvgIpc) is 3.52. The van der Waals surface area contributed by atoms with Gasteiger partial charge in [-0.05, 0) is 43.5 Å². The lowest BCUT2D eigenvalue weighted by molar-refractivity contribution is -0.384. The first kappa shape index (κ1) is 22.6. The summed E-state index contributed by atoms with van der Waals surface area (Å²) in [6.07, 6.45) is 1.67. The number of carbonyl (C=O) groups is 2. The summed E-state index contributed by atoms with van der Waals surface area (Å²) in [6.45, 7) is 1.89. The van der Waals surface area contributed by atoms with Gasteiger partial charge in [0.25, 0.3) is 5.69 Å². The molecule has 2 aliphatic rings. The molecule has 1 aliphatic carbocycles. The molecule has 11 heteroatoms. The fourth-order valence-corrected chi connectivity index (χ4v) is 4.77. The third-order valence-electron chi connectivity index (χ3n) is 5.06. The van der Waals surface area contributed by atoms with E-state index in [9.17, 15) is 19.7 Å². The molecule has 1 atom stereocenters. The van der Waals surface area contributed by atoms with E-state index in [0.717, 1.165) is 18.4 Å². The molecule has 2 fully saturated rings. The van der Waals surface area contributed by atoms with Crippen LogP contribution in [-0.2, 0) is 9.59 Å². The number of aliphatic imine (C=N–C) groups is 1. The molecule has 1 aliphatic heterocycles. The van der Waals surface area contributed by atoms with E-state index in [1.807, 2.05) is 19.1 Å². The summed E-state index contributed by atoms with van der Waals surface area (Å²) in [7, 11) is 0. The Morgan fingerprint density at radius 3 is 2.66 bits per heavy atom. The Kier molecular flexibility index (Phi) is 6.41. The zero-order valence-corrected chi connectivity index (χ0v) is 19.2. The number of amides is 2. The van der Waals surface area contributed by atoms with Gasteiger partial charge >= 0.3 is 0 Å². The van der Waals surface area contributed by atoms with E-state index >= 15 is 0 Å². The molecular formula is C21H18Cl2N4O4S. The Labute approximate surface area is 198 Å². The highest BCUT2D eigenvalue weighted by Crippen LogP contribution is 2.40. The largest absolute Gasteiger partial charge is 0.325 e. The van der Waals surface area contributed by atoms with Crippen molar-refractivity contribution in [2.24, 2.45) is 4.99 Å². The van der Waals surface area contributed by atoms with Crippen LogP contribution in [0.2, 0.25) is 10.0 Å². The molecule has 1 saturated heterocycles. The number of nitro benzene ring substituents is 1. The van der Waals surface area contributed by atoms with Gasteiger partial charge in [-0.1, -0.05) is 41.0 Å². The standard InChI is InChI=1S/C21H18Cl2N4O4S/c1-11-2-3-12(8-16(11)23)24-21-26(13-4-5-13)20(29)18(32-21)10-19(28)25-17-9-14(27(30)31)6-7-15(17)22/h2-3,6-9,13,18H,4-5,10H2,1H3,(H,25,28). The topological polar surface area (TPSA) is 105 Å². The number of anilines is 1. The smallest absolute Gasteiger partial charge is 0.271 e. The van der Waals surface area contributed by atoms with Crippen molar-refractivity contribution in [1.82, 2.24) is 4.90 Å². The molecule has 1 N–H and O–H groups in total. The van der Waals surface area contributed by atoms with Gasteiger partial charge in [0.15, 0.2) is 5.17 Å². The molecular weight excluding hydrogens is 475 g/mol. The van der Waals surface area contributed by atoms with E-state index in [1.165, 1.54) is 30.0 Å². The average molecular weight is 493 g/mol. The van der Waals surface area contributed by atoms with Gasteiger partial charge in [0.1, 0.15) is 5.25 Å². The number of nitro groups is 1. The van der Waals surface area contributed by atoms with Crippen LogP contribution in [0, 0.1) is 17.0 Å². The first-order valence-corrected chi connectivity index (χ1v) is 11.4. The zero-order valence-electron chi connectivity index (χ0n) is 16.9. The van der Waals surface area contributed by atoms with Gasteiger partial charge < -0.3 is 5.32 Å². The number of amidine groups is 1. The molecule has 2 amide bonds. The van der Waals surface area contributed by atoms with Crippen LogP contribution in [0.5, 0.6) is 0 Å². The van der Waals surface area contributed by atoms with E-state index in [2.05, 4.69) is 10.3 Å². The highest BCUT2D eigenvalue weighted by atomic mass is 35.5. The second-order valence-corrected chi connectivity index (χ2v) is 9.53. The van der Waals surface area contributed by atoms with Crippen LogP contribution in [0.3, 0.4) is 0 Å². The Morgan fingerprint density at radius 2 is 2.00 bits per heavy atom. The van der Waals surface area contributed by atoms with E-state index in [1.54, 1.807) is 11.0 Å². The molecule has 2 aromatic carbocycles. The number of benzene rings is 2. The molecule has 1 heterocycles. The lowest BCUT2D eigenvalue weighted by atomic mass is 10.2. The van der Waals surface area contributed by atoms with E-state index in [4.69, 9.17) is 23.2 Å². The summed E-state index contributed by atoms with van der Waals surface area (Å²) in [6, 6.07) is 9.30. The van der Waals surface area contributed by atoms with E-state index < -0.39 is 16.1 Å². The van der Waals surface area contributed by atoms with Crippen molar-refractivity contribution in [2.45, 2.75) is 37.5 Å². The molecule has 166 valence electrons. The van der Waals surface area contributed by atoms with Gasteiger partial charge in [-0.25, -0.2) is 4.99 Å². The van der Waals surface area contributed by atoms with Crippen LogP contribution in [0.4, 0.5) is 17.1 Å². The van der Waals surface area contributed by atoms with Gasteiger partial charge in [0, 0.05) is 29.6 Å². The van der Waals surface area contributed by atoms with E-state index in [-0.39, 0.29) is 34.8 Å². The molecule has 0 aromatic heterocycles. The fraction of sp³-hybridized carbons (Fsp3) is 0.286. The number of thioether (sulfide) groups is 1. The summed E-state index contributed by atoms with van der Waals surface area (Å²) in [5.74, 6) is -0.636. The van der Waals surface area contributed by atoms with Gasteiger partial charge in [0.05, 0.1) is 21.3 Å². The molecule has 8 nitrogen and oxygen atoms in total. The number of carbonyl (C=O) groups excluding carboxylic acids is 2. The summed E-state index contributed by atoms with van der Waals surface area (Å²) < 4.78 is 0. The van der Waals surface area contributed by atoms with Crippen molar-refractivity contribution in [3.05, 3.63) is 62.1 Å². The normalized spacial score (nSPS) is 19.5.